The quantitative estimate of drug-likeness (QED) is 0.633. The zero-order valence-corrected chi connectivity index (χ0v) is 13.2. The fraction of sp³-hybridized carbons (Fsp3) is 0.105. The third kappa shape index (κ3) is 3.01. The minimum atomic E-state index is -0.536. The number of halogens is 1. The third-order valence-electron chi connectivity index (χ3n) is 3.62. The lowest BCUT2D eigenvalue weighted by molar-refractivity contribution is -0.130. The Balaban J connectivity index is 1.99. The monoisotopic (exact) mass is 326 g/mol. The first kappa shape index (κ1) is 15.8. The summed E-state index contributed by atoms with van der Waals surface area (Å²) in [4.78, 5) is 12.1. The minimum Gasteiger partial charge on any atom is -0.497 e. The van der Waals surface area contributed by atoms with E-state index in [2.05, 4.69) is 0 Å². The van der Waals surface area contributed by atoms with E-state index in [0.717, 1.165) is 0 Å². The van der Waals surface area contributed by atoms with Crippen molar-refractivity contribution in [3.8, 4) is 11.5 Å². The van der Waals surface area contributed by atoms with Crippen LogP contribution in [0.1, 0.15) is 11.1 Å². The number of cyclic esters (lactones) is 1. The molecule has 122 valence electrons. The lowest BCUT2D eigenvalue weighted by atomic mass is 10.1. The van der Waals surface area contributed by atoms with E-state index in [9.17, 15) is 9.18 Å². The van der Waals surface area contributed by atoms with Crippen molar-refractivity contribution in [2.24, 2.45) is 0 Å². The van der Waals surface area contributed by atoms with E-state index in [1.807, 2.05) is 0 Å². The van der Waals surface area contributed by atoms with Crippen LogP contribution in [0.3, 0.4) is 0 Å². The van der Waals surface area contributed by atoms with Gasteiger partial charge in [0.05, 0.1) is 25.4 Å². The zero-order valence-electron chi connectivity index (χ0n) is 13.2. The van der Waals surface area contributed by atoms with Gasteiger partial charge in [-0.05, 0) is 30.4 Å². The van der Waals surface area contributed by atoms with Crippen LogP contribution in [-0.4, -0.2) is 20.2 Å². The Morgan fingerprint density at radius 3 is 2.58 bits per heavy atom. The summed E-state index contributed by atoms with van der Waals surface area (Å²) in [6, 6.07) is 11.4. The van der Waals surface area contributed by atoms with Gasteiger partial charge >= 0.3 is 5.97 Å². The molecule has 2 aromatic rings. The number of hydrogen-bond donors (Lipinski definition) is 0. The number of carbonyl (C=O) groups is 1. The number of methoxy groups -OCH3 is 2. The van der Waals surface area contributed by atoms with Gasteiger partial charge in [0.1, 0.15) is 23.1 Å². The van der Waals surface area contributed by atoms with Crippen LogP contribution in [0.5, 0.6) is 11.5 Å². The van der Waals surface area contributed by atoms with E-state index in [0.29, 0.717) is 28.4 Å². The molecule has 0 amide bonds. The predicted octanol–water partition coefficient (Wildman–Crippen LogP) is 3.82. The molecule has 0 unspecified atom stereocenters. The van der Waals surface area contributed by atoms with Gasteiger partial charge in [-0.3, -0.25) is 0 Å². The molecule has 5 heteroatoms. The molecule has 0 bridgehead atoms. The van der Waals surface area contributed by atoms with Gasteiger partial charge in [-0.15, -0.1) is 0 Å². The molecule has 0 saturated carbocycles. The molecule has 0 radical (unpaired) electrons. The van der Waals surface area contributed by atoms with Crippen LogP contribution in [0.25, 0.3) is 11.8 Å². The normalized spacial score (nSPS) is 15.2. The summed E-state index contributed by atoms with van der Waals surface area (Å²) < 4.78 is 29.5. The van der Waals surface area contributed by atoms with Crippen LogP contribution in [0, 0.1) is 5.82 Å². The standard InChI is InChI=1S/C19H15FO4/c1-22-14-7-8-15(17(11-14)23-2)18-10-13(19(21)24-18)9-12-5-3-4-6-16(12)20/h3-11H,1-2H3/b13-9-. The third-order valence-corrected chi connectivity index (χ3v) is 3.62. The van der Waals surface area contributed by atoms with E-state index in [-0.39, 0.29) is 5.57 Å². The first-order valence-corrected chi connectivity index (χ1v) is 7.25. The van der Waals surface area contributed by atoms with Gasteiger partial charge in [-0.25, -0.2) is 9.18 Å². The first-order chi connectivity index (χ1) is 11.6. The van der Waals surface area contributed by atoms with Crippen molar-refractivity contribution in [3.63, 3.8) is 0 Å². The molecule has 2 aromatic carbocycles. The van der Waals surface area contributed by atoms with Gasteiger partial charge in [-0.1, -0.05) is 18.2 Å². The van der Waals surface area contributed by atoms with Crippen molar-refractivity contribution in [2.45, 2.75) is 0 Å². The average Bonchev–Trinajstić information content (AvgIpc) is 2.96. The summed E-state index contributed by atoms with van der Waals surface area (Å²) in [5, 5.41) is 0. The van der Waals surface area contributed by atoms with Crippen molar-refractivity contribution >= 4 is 17.8 Å². The van der Waals surface area contributed by atoms with E-state index in [1.165, 1.54) is 19.3 Å². The highest BCUT2D eigenvalue weighted by molar-refractivity contribution is 6.05. The molecule has 1 heterocycles. The van der Waals surface area contributed by atoms with E-state index in [4.69, 9.17) is 14.2 Å². The van der Waals surface area contributed by atoms with Gasteiger partial charge in [0, 0.05) is 11.6 Å². The summed E-state index contributed by atoms with van der Waals surface area (Å²) in [7, 11) is 3.07. The Bertz CT molecular complexity index is 852. The van der Waals surface area contributed by atoms with Crippen LogP contribution >= 0.6 is 0 Å². The molecule has 1 aliphatic rings. The molecule has 0 spiro atoms. The number of esters is 1. The highest BCUT2D eigenvalue weighted by atomic mass is 19.1. The average molecular weight is 326 g/mol. The SMILES string of the molecule is COc1ccc(C2=C/C(=C/c3ccccc3F)C(=O)O2)c(OC)c1. The molecule has 3 rings (SSSR count). The molecule has 0 saturated heterocycles. The Kier molecular flexibility index (Phi) is 4.33. The lowest BCUT2D eigenvalue weighted by Gasteiger charge is -2.10. The van der Waals surface area contributed by atoms with Gasteiger partial charge in [0.25, 0.3) is 0 Å². The topological polar surface area (TPSA) is 44.8 Å². The maximum atomic E-state index is 13.7. The maximum absolute atomic E-state index is 13.7. The maximum Gasteiger partial charge on any atom is 0.343 e. The molecule has 0 aromatic heterocycles. The largest absolute Gasteiger partial charge is 0.497 e. The number of ether oxygens (including phenoxy) is 3. The molecule has 24 heavy (non-hydrogen) atoms. The second-order valence-corrected chi connectivity index (χ2v) is 5.09. The first-order valence-electron chi connectivity index (χ1n) is 7.25. The van der Waals surface area contributed by atoms with Gasteiger partial charge in [0.15, 0.2) is 0 Å². The summed E-state index contributed by atoms with van der Waals surface area (Å²) in [6.07, 6.45) is 3.03. The molecular weight excluding hydrogens is 311 g/mol. The highest BCUT2D eigenvalue weighted by Gasteiger charge is 2.24. The van der Waals surface area contributed by atoms with Crippen LogP contribution in [0.15, 0.2) is 54.1 Å². The Morgan fingerprint density at radius 1 is 1.08 bits per heavy atom. The zero-order chi connectivity index (χ0) is 17.1. The number of benzene rings is 2. The van der Waals surface area contributed by atoms with Crippen molar-refractivity contribution in [1.29, 1.82) is 0 Å². The molecule has 1 aliphatic heterocycles. The van der Waals surface area contributed by atoms with Crippen LogP contribution in [0.2, 0.25) is 0 Å². The molecule has 0 N–H and O–H groups in total. The van der Waals surface area contributed by atoms with Crippen molar-refractivity contribution in [1.82, 2.24) is 0 Å². The molecular formula is C19H15FO4. The second kappa shape index (κ2) is 6.58. The van der Waals surface area contributed by atoms with Crippen LogP contribution in [0.4, 0.5) is 4.39 Å². The number of carbonyl (C=O) groups excluding carboxylic acids is 1. The van der Waals surface area contributed by atoms with Crippen molar-refractivity contribution in [3.05, 3.63) is 71.1 Å². The lowest BCUT2D eigenvalue weighted by Crippen LogP contribution is -1.99. The number of rotatable bonds is 4. The molecule has 0 atom stereocenters. The molecule has 0 fully saturated rings. The Labute approximate surface area is 138 Å². The summed E-state index contributed by atoms with van der Waals surface area (Å²) in [5.74, 6) is 0.554. The summed E-state index contributed by atoms with van der Waals surface area (Å²) >= 11 is 0. The van der Waals surface area contributed by atoms with Gasteiger partial charge < -0.3 is 14.2 Å². The van der Waals surface area contributed by atoms with Gasteiger partial charge in [-0.2, -0.15) is 0 Å². The smallest absolute Gasteiger partial charge is 0.343 e. The predicted molar refractivity (Wildman–Crippen MR) is 88.0 cm³/mol. The number of hydrogen-bond acceptors (Lipinski definition) is 4. The van der Waals surface area contributed by atoms with Crippen LogP contribution in [-0.2, 0) is 9.53 Å². The summed E-state index contributed by atoms with van der Waals surface area (Å²) in [5.41, 5.74) is 1.21. The fourth-order valence-corrected chi connectivity index (χ4v) is 2.38. The molecule has 0 aliphatic carbocycles. The van der Waals surface area contributed by atoms with Crippen LogP contribution < -0.4 is 9.47 Å². The van der Waals surface area contributed by atoms with Gasteiger partial charge in [0.2, 0.25) is 0 Å². The highest BCUT2D eigenvalue weighted by Crippen LogP contribution is 2.35. The molecule has 4 nitrogen and oxygen atoms in total. The second-order valence-electron chi connectivity index (χ2n) is 5.09. The minimum absolute atomic E-state index is 0.271. The van der Waals surface area contributed by atoms with Crippen molar-refractivity contribution in [2.75, 3.05) is 14.2 Å². The van der Waals surface area contributed by atoms with E-state index >= 15 is 0 Å². The van der Waals surface area contributed by atoms with E-state index in [1.54, 1.807) is 49.6 Å². The Morgan fingerprint density at radius 2 is 1.88 bits per heavy atom. The summed E-state index contributed by atoms with van der Waals surface area (Å²) in [6.45, 7) is 0. The fourth-order valence-electron chi connectivity index (χ4n) is 2.38. The van der Waals surface area contributed by atoms with E-state index < -0.39 is 11.8 Å². The Hall–Kier alpha value is -3.08. The van der Waals surface area contributed by atoms with Crippen molar-refractivity contribution < 1.29 is 23.4 Å².